The van der Waals surface area contributed by atoms with E-state index in [0.29, 0.717) is 50.7 Å². The molecular formula is C98H130N4O6S2. The molecule has 590 valence electrons. The second-order valence-corrected chi connectivity index (χ2v) is 32.8. The smallest absolute Gasteiger partial charge is 0.261 e. The van der Waals surface area contributed by atoms with Crippen LogP contribution in [0.25, 0.3) is 32.3 Å². The average Bonchev–Trinajstić information content (AvgIpc) is 1.55. The first kappa shape index (κ1) is 84.4. The molecule has 2 atom stereocenters. The standard InChI is InChI=1S/C98H130N4O6S2/c1-9-17-23-27-31-35-69-105-85-57-49-81(50-58-85)101(82-51-59-86(60-52-82)106-70-36-32-28-24-18-10-2)79-45-41-77(42-46-79)89-65-67-91(109-89)95-93-94(98(104)99(95)73-75(15-7)39-21-13-5)96(100(97(93)103)74-76(16-8)40-22-14-6)92-68-66-90(110-92)78-43-47-80(48-44-78)102(83-53-61-87(62-54-83)107-71-37-33-29-25-19-11-3)84-55-63-88(64-56-84)108-72-38-34-30-26-20-12-4/h41-68,75-76H,9-40,69-74H2,1-8H3. The third-order valence-electron chi connectivity index (χ3n) is 22.1. The molecule has 8 aromatic rings. The monoisotopic (exact) mass is 1520 g/mol. The van der Waals surface area contributed by atoms with Crippen molar-refractivity contribution < 1.29 is 28.5 Å². The number of hydrogen-bond acceptors (Lipinski definition) is 10. The number of benzene rings is 6. The van der Waals surface area contributed by atoms with E-state index in [-0.39, 0.29) is 23.7 Å². The van der Waals surface area contributed by atoms with Gasteiger partial charge in [-0.3, -0.25) is 9.59 Å². The molecular weight excluding hydrogens is 1390 g/mol. The summed E-state index contributed by atoms with van der Waals surface area (Å²) in [7, 11) is 0. The maximum Gasteiger partial charge on any atom is 0.261 e. The number of ether oxygens (including phenoxy) is 4. The number of carbonyl (C=O) groups is 2. The Kier molecular flexibility index (Phi) is 35.3. The third-order valence-corrected chi connectivity index (χ3v) is 24.4. The van der Waals surface area contributed by atoms with E-state index in [1.807, 2.05) is 9.80 Å². The van der Waals surface area contributed by atoms with Crippen LogP contribution in [0.5, 0.6) is 23.0 Å². The van der Waals surface area contributed by atoms with Crippen LogP contribution in [0.1, 0.15) is 271 Å². The Balaban J connectivity index is 0.957. The van der Waals surface area contributed by atoms with Gasteiger partial charge in [0.05, 0.1) is 58.7 Å². The van der Waals surface area contributed by atoms with Gasteiger partial charge in [-0.05, 0) is 207 Å². The van der Waals surface area contributed by atoms with Gasteiger partial charge in [0.1, 0.15) is 23.0 Å². The predicted molar refractivity (Wildman–Crippen MR) is 468 cm³/mol. The van der Waals surface area contributed by atoms with Crippen LogP contribution < -0.4 is 28.7 Å². The SMILES string of the molecule is CCCCCCCCOc1ccc(N(c2ccc(OCCCCCCCC)cc2)c2ccc(-c3ccc(C4=C5C(=O)N(CC(CC)CCCC)C(c6ccc(-c7ccc(N(c8ccc(OCCCCCCCC)cc8)c8ccc(OCCCCCCCC)cc8)cc7)s6)=C5C(=O)N4CC(CC)CCCC)s3)cc2)cc1. The molecule has 0 aliphatic carbocycles. The van der Waals surface area contributed by atoms with Crippen LogP contribution in [0.15, 0.2) is 181 Å². The van der Waals surface area contributed by atoms with E-state index in [9.17, 15) is 0 Å². The fourth-order valence-electron chi connectivity index (χ4n) is 15.3. The van der Waals surface area contributed by atoms with Crippen molar-refractivity contribution in [2.45, 2.75) is 261 Å². The molecule has 0 radical (unpaired) electrons. The summed E-state index contributed by atoms with van der Waals surface area (Å²) in [5, 5.41) is 0. The first-order chi connectivity index (χ1) is 54.1. The van der Waals surface area contributed by atoms with Gasteiger partial charge in [0.15, 0.2) is 0 Å². The zero-order valence-corrected chi connectivity index (χ0v) is 69.9. The van der Waals surface area contributed by atoms with Crippen LogP contribution >= 0.6 is 22.7 Å². The normalized spacial score (nSPS) is 13.4. The highest BCUT2D eigenvalue weighted by Crippen LogP contribution is 2.52. The third kappa shape index (κ3) is 24.0. The number of carbonyl (C=O) groups excluding carboxylic acids is 2. The lowest BCUT2D eigenvalue weighted by molar-refractivity contribution is -0.124. The number of amides is 2. The van der Waals surface area contributed by atoms with Crippen molar-refractivity contribution in [2.24, 2.45) is 11.8 Å². The molecule has 4 heterocycles. The Labute approximate surface area is 670 Å². The Hall–Kier alpha value is -8.06. The Morgan fingerprint density at radius 3 is 0.773 bits per heavy atom. The van der Waals surface area contributed by atoms with Gasteiger partial charge in [0, 0.05) is 57.0 Å². The first-order valence-electron chi connectivity index (χ1n) is 43.2. The molecule has 2 aliphatic rings. The van der Waals surface area contributed by atoms with Crippen molar-refractivity contribution in [1.82, 2.24) is 9.80 Å². The zero-order valence-electron chi connectivity index (χ0n) is 68.2. The van der Waals surface area contributed by atoms with Crippen LogP contribution in [0.2, 0.25) is 0 Å². The Bertz CT molecular complexity index is 3660. The van der Waals surface area contributed by atoms with Crippen LogP contribution in [-0.2, 0) is 9.59 Å². The van der Waals surface area contributed by atoms with Crippen molar-refractivity contribution in [1.29, 1.82) is 0 Å². The Morgan fingerprint density at radius 1 is 0.282 bits per heavy atom. The van der Waals surface area contributed by atoms with Gasteiger partial charge in [-0.25, -0.2) is 0 Å². The van der Waals surface area contributed by atoms with Crippen molar-refractivity contribution in [3.63, 3.8) is 0 Å². The molecule has 6 aromatic carbocycles. The summed E-state index contributed by atoms with van der Waals surface area (Å²) < 4.78 is 25.1. The number of unbranched alkanes of at least 4 members (excludes halogenated alkanes) is 22. The quantitative estimate of drug-likeness (QED) is 0.0349. The molecule has 10 nitrogen and oxygen atoms in total. The predicted octanol–water partition coefficient (Wildman–Crippen LogP) is 29.3. The van der Waals surface area contributed by atoms with Gasteiger partial charge in [-0.2, -0.15) is 0 Å². The van der Waals surface area contributed by atoms with E-state index in [0.717, 1.165) is 176 Å². The molecule has 12 heteroatoms. The van der Waals surface area contributed by atoms with Gasteiger partial charge in [0.2, 0.25) is 0 Å². The number of thiophene rings is 2. The Morgan fingerprint density at radius 2 is 0.518 bits per heavy atom. The fraction of sp³-hybridized carbons (Fsp3) is 0.490. The van der Waals surface area contributed by atoms with Crippen molar-refractivity contribution in [2.75, 3.05) is 49.3 Å². The second-order valence-electron chi connectivity index (χ2n) is 30.6. The minimum absolute atomic E-state index is 0.0687. The minimum atomic E-state index is -0.0687. The van der Waals surface area contributed by atoms with Crippen LogP contribution in [0, 0.1) is 11.8 Å². The van der Waals surface area contributed by atoms with E-state index < -0.39 is 0 Å². The molecule has 2 amide bonds. The lowest BCUT2D eigenvalue weighted by Gasteiger charge is -2.29. The lowest BCUT2D eigenvalue weighted by atomic mass is 9.98. The zero-order chi connectivity index (χ0) is 77.1. The summed E-state index contributed by atoms with van der Waals surface area (Å²) in [4.78, 5) is 44.7. The molecule has 110 heavy (non-hydrogen) atoms. The summed E-state index contributed by atoms with van der Waals surface area (Å²) >= 11 is 3.34. The maximum absolute atomic E-state index is 16.0. The number of rotatable bonds is 54. The van der Waals surface area contributed by atoms with Gasteiger partial charge >= 0.3 is 0 Å². The fourth-order valence-corrected chi connectivity index (χ4v) is 17.5. The molecule has 0 saturated heterocycles. The summed E-state index contributed by atoms with van der Waals surface area (Å²) in [6.07, 6.45) is 37.6. The molecule has 0 saturated carbocycles. The highest BCUT2D eigenvalue weighted by atomic mass is 32.1. The van der Waals surface area contributed by atoms with E-state index in [2.05, 4.69) is 235 Å². The van der Waals surface area contributed by atoms with E-state index in [1.165, 1.54) is 128 Å². The highest BCUT2D eigenvalue weighted by Gasteiger charge is 2.50. The van der Waals surface area contributed by atoms with Crippen LogP contribution in [0.4, 0.5) is 34.1 Å². The van der Waals surface area contributed by atoms with E-state index >= 15 is 9.59 Å². The van der Waals surface area contributed by atoms with Crippen LogP contribution in [-0.4, -0.2) is 61.1 Å². The molecule has 2 unspecified atom stereocenters. The summed E-state index contributed by atoms with van der Waals surface area (Å²) in [6.45, 7) is 22.0. The van der Waals surface area contributed by atoms with Crippen LogP contribution in [0.3, 0.4) is 0 Å². The molecule has 0 bridgehead atoms. The van der Waals surface area contributed by atoms with Gasteiger partial charge in [0.25, 0.3) is 11.8 Å². The molecule has 2 aromatic heterocycles. The van der Waals surface area contributed by atoms with E-state index in [1.54, 1.807) is 22.7 Å². The lowest BCUT2D eigenvalue weighted by Crippen LogP contribution is -2.34. The van der Waals surface area contributed by atoms with Gasteiger partial charge in [-0.15, -0.1) is 22.7 Å². The number of fused-ring (bicyclic) bond motifs is 1. The van der Waals surface area contributed by atoms with Gasteiger partial charge in [-0.1, -0.05) is 247 Å². The topological polar surface area (TPSA) is 84.0 Å². The number of hydrogen-bond donors (Lipinski definition) is 0. The highest BCUT2D eigenvalue weighted by molar-refractivity contribution is 7.17. The summed E-state index contributed by atoms with van der Waals surface area (Å²) in [5.41, 5.74) is 10.9. The molecule has 0 spiro atoms. The van der Waals surface area contributed by atoms with Crippen molar-refractivity contribution in [3.05, 3.63) is 191 Å². The first-order valence-corrected chi connectivity index (χ1v) is 44.8. The largest absolute Gasteiger partial charge is 0.494 e. The van der Waals surface area contributed by atoms with E-state index in [4.69, 9.17) is 18.9 Å². The van der Waals surface area contributed by atoms with Crippen molar-refractivity contribution >= 4 is 80.0 Å². The molecule has 2 aliphatic heterocycles. The minimum Gasteiger partial charge on any atom is -0.494 e. The maximum atomic E-state index is 16.0. The van der Waals surface area contributed by atoms with Gasteiger partial charge < -0.3 is 38.5 Å². The molecule has 10 rings (SSSR count). The molecule has 0 N–H and O–H groups in total. The van der Waals surface area contributed by atoms with Crippen molar-refractivity contribution in [3.8, 4) is 43.9 Å². The average molecular weight is 1520 g/mol. The number of anilines is 6. The second kappa shape index (κ2) is 46.1. The summed E-state index contributed by atoms with van der Waals surface area (Å²) in [6, 6.07) is 60.4. The summed E-state index contributed by atoms with van der Waals surface area (Å²) in [5.74, 6) is 3.92. The number of nitrogens with zero attached hydrogens (tertiary/aromatic N) is 4. The molecule has 0 fully saturated rings.